The molecule has 0 heterocycles. The van der Waals surface area contributed by atoms with E-state index in [1.807, 2.05) is 0 Å². The Morgan fingerprint density at radius 1 is 1.62 bits per heavy atom. The molecule has 0 rings (SSSR count). The van der Waals surface area contributed by atoms with Gasteiger partial charge in [-0.3, -0.25) is 0 Å². The van der Waals surface area contributed by atoms with Crippen LogP contribution in [0.3, 0.4) is 0 Å². The summed E-state index contributed by atoms with van der Waals surface area (Å²) >= 11 is 0. The second-order valence-corrected chi connectivity index (χ2v) is 2.22. The maximum absolute atomic E-state index is 12.6. The molecule has 0 aromatic carbocycles. The average molecular weight is 117 g/mol. The summed E-state index contributed by atoms with van der Waals surface area (Å²) in [6.07, 6.45) is 1.57. The molecule has 8 heavy (non-hydrogen) atoms. The van der Waals surface area contributed by atoms with Crippen LogP contribution < -0.4 is 5.73 Å². The van der Waals surface area contributed by atoms with Gasteiger partial charge in [-0.15, -0.1) is 0 Å². The lowest BCUT2D eigenvalue weighted by Gasteiger charge is -2.12. The van der Waals surface area contributed by atoms with Gasteiger partial charge >= 0.3 is 0 Å². The van der Waals surface area contributed by atoms with Crippen LogP contribution in [0.15, 0.2) is 11.8 Å². The van der Waals surface area contributed by atoms with E-state index in [9.17, 15) is 4.39 Å². The standard InChI is InChI=1S/C6H12FN/c1-4-5(8)6(2,3)7/h4H,8H2,1-3H3/b5-4+. The molecule has 0 atom stereocenters. The van der Waals surface area contributed by atoms with Crippen LogP contribution in [-0.2, 0) is 0 Å². The first-order chi connectivity index (χ1) is 3.48. The van der Waals surface area contributed by atoms with Gasteiger partial charge in [0.05, 0.1) is 0 Å². The van der Waals surface area contributed by atoms with Crippen LogP contribution >= 0.6 is 0 Å². The van der Waals surface area contributed by atoms with E-state index in [0.29, 0.717) is 0 Å². The molecular weight excluding hydrogens is 105 g/mol. The molecule has 2 heteroatoms. The molecule has 0 radical (unpaired) electrons. The fraction of sp³-hybridized carbons (Fsp3) is 0.667. The average Bonchev–Trinajstić information content (AvgIpc) is 1.62. The van der Waals surface area contributed by atoms with Crippen molar-refractivity contribution in [2.45, 2.75) is 26.4 Å². The normalized spacial score (nSPS) is 14.2. The van der Waals surface area contributed by atoms with Crippen molar-refractivity contribution in [2.24, 2.45) is 5.73 Å². The number of hydrogen-bond donors (Lipinski definition) is 1. The van der Waals surface area contributed by atoms with Crippen molar-refractivity contribution in [1.29, 1.82) is 0 Å². The van der Waals surface area contributed by atoms with E-state index in [-0.39, 0.29) is 5.70 Å². The highest BCUT2D eigenvalue weighted by Crippen LogP contribution is 2.14. The summed E-state index contributed by atoms with van der Waals surface area (Å²) in [5.74, 6) is 0. The number of halogens is 1. The molecule has 1 nitrogen and oxygen atoms in total. The van der Waals surface area contributed by atoms with Crippen molar-refractivity contribution in [1.82, 2.24) is 0 Å². The first-order valence-corrected chi connectivity index (χ1v) is 2.59. The molecule has 0 spiro atoms. The molecule has 0 fully saturated rings. The largest absolute Gasteiger partial charge is 0.400 e. The van der Waals surface area contributed by atoms with Crippen LogP contribution in [0.1, 0.15) is 20.8 Å². The zero-order valence-corrected chi connectivity index (χ0v) is 5.53. The Balaban J connectivity index is 4.03. The summed E-state index contributed by atoms with van der Waals surface area (Å²) < 4.78 is 12.6. The number of rotatable bonds is 1. The van der Waals surface area contributed by atoms with Gasteiger partial charge in [0.25, 0.3) is 0 Å². The molecular formula is C6H12FN. The summed E-state index contributed by atoms with van der Waals surface area (Å²) in [5, 5.41) is 0. The Morgan fingerprint density at radius 3 is 2.00 bits per heavy atom. The number of nitrogens with two attached hydrogens (primary N) is 1. The van der Waals surface area contributed by atoms with E-state index >= 15 is 0 Å². The third kappa shape index (κ3) is 1.96. The third-order valence-electron chi connectivity index (χ3n) is 0.997. The lowest BCUT2D eigenvalue weighted by Crippen LogP contribution is -2.21. The van der Waals surface area contributed by atoms with Gasteiger partial charge < -0.3 is 5.73 Å². The van der Waals surface area contributed by atoms with Crippen LogP contribution in [0.25, 0.3) is 0 Å². The molecule has 0 saturated heterocycles. The zero-order chi connectivity index (χ0) is 6.78. The third-order valence-corrected chi connectivity index (χ3v) is 0.997. The van der Waals surface area contributed by atoms with Crippen LogP contribution in [0, 0.1) is 0 Å². The number of alkyl halides is 1. The Bertz CT molecular complexity index is 99.6. The minimum absolute atomic E-state index is 0.289. The van der Waals surface area contributed by atoms with Gasteiger partial charge in [-0.1, -0.05) is 6.08 Å². The smallest absolute Gasteiger partial charge is 0.144 e. The van der Waals surface area contributed by atoms with Crippen molar-refractivity contribution in [2.75, 3.05) is 0 Å². The molecule has 0 bridgehead atoms. The van der Waals surface area contributed by atoms with Crippen molar-refractivity contribution in [3.63, 3.8) is 0 Å². The van der Waals surface area contributed by atoms with E-state index < -0.39 is 5.67 Å². The summed E-state index contributed by atoms with van der Waals surface area (Å²) in [6.45, 7) is 4.58. The fourth-order valence-corrected chi connectivity index (χ4v) is 0.343. The lowest BCUT2D eigenvalue weighted by molar-refractivity contribution is 0.265. The highest BCUT2D eigenvalue weighted by atomic mass is 19.1. The Hall–Kier alpha value is -0.530. The van der Waals surface area contributed by atoms with Crippen molar-refractivity contribution >= 4 is 0 Å². The van der Waals surface area contributed by atoms with E-state index in [4.69, 9.17) is 5.73 Å². The maximum atomic E-state index is 12.6. The highest BCUT2D eigenvalue weighted by molar-refractivity contribution is 5.07. The van der Waals surface area contributed by atoms with E-state index in [0.717, 1.165) is 0 Å². The first kappa shape index (κ1) is 7.47. The van der Waals surface area contributed by atoms with Gasteiger partial charge in [-0.05, 0) is 20.8 Å². The molecule has 0 saturated carbocycles. The molecule has 0 amide bonds. The molecule has 0 aliphatic rings. The molecule has 48 valence electrons. The Labute approximate surface area is 49.4 Å². The first-order valence-electron chi connectivity index (χ1n) is 2.59. The van der Waals surface area contributed by atoms with Gasteiger partial charge in [-0.2, -0.15) is 0 Å². The van der Waals surface area contributed by atoms with Crippen molar-refractivity contribution in [3.05, 3.63) is 11.8 Å². The second-order valence-electron chi connectivity index (χ2n) is 2.22. The lowest BCUT2D eigenvalue weighted by atomic mass is 10.1. The van der Waals surface area contributed by atoms with Gasteiger partial charge in [0.1, 0.15) is 5.67 Å². The summed E-state index contributed by atoms with van der Waals surface area (Å²) in [4.78, 5) is 0. The summed E-state index contributed by atoms with van der Waals surface area (Å²) in [5.41, 5.74) is 4.17. The van der Waals surface area contributed by atoms with Crippen LogP contribution in [0.4, 0.5) is 4.39 Å². The van der Waals surface area contributed by atoms with Gasteiger partial charge in [-0.25, -0.2) is 4.39 Å². The molecule has 2 N–H and O–H groups in total. The Morgan fingerprint density at radius 2 is 2.00 bits per heavy atom. The van der Waals surface area contributed by atoms with E-state index in [2.05, 4.69) is 0 Å². The predicted octanol–water partition coefficient (Wildman–Crippen LogP) is 1.60. The highest BCUT2D eigenvalue weighted by Gasteiger charge is 2.17. The SMILES string of the molecule is C/C=C(/N)C(C)(C)F. The second kappa shape index (κ2) is 2.16. The van der Waals surface area contributed by atoms with Gasteiger partial charge in [0, 0.05) is 5.70 Å². The molecule has 0 aromatic rings. The number of hydrogen-bond acceptors (Lipinski definition) is 1. The molecule has 0 aliphatic carbocycles. The zero-order valence-electron chi connectivity index (χ0n) is 5.53. The summed E-state index contributed by atoms with van der Waals surface area (Å²) in [6, 6.07) is 0. The van der Waals surface area contributed by atoms with E-state index in [1.165, 1.54) is 13.8 Å². The number of allylic oxidation sites excluding steroid dienone is 2. The van der Waals surface area contributed by atoms with Gasteiger partial charge in [0.15, 0.2) is 0 Å². The van der Waals surface area contributed by atoms with Crippen LogP contribution in [0.5, 0.6) is 0 Å². The molecule has 0 unspecified atom stereocenters. The van der Waals surface area contributed by atoms with E-state index in [1.54, 1.807) is 13.0 Å². The quantitative estimate of drug-likeness (QED) is 0.554. The summed E-state index contributed by atoms with van der Waals surface area (Å²) in [7, 11) is 0. The topological polar surface area (TPSA) is 26.0 Å². The maximum Gasteiger partial charge on any atom is 0.144 e. The molecule has 0 aliphatic heterocycles. The van der Waals surface area contributed by atoms with Crippen LogP contribution in [0.2, 0.25) is 0 Å². The minimum atomic E-state index is -1.35. The van der Waals surface area contributed by atoms with Crippen LogP contribution in [-0.4, -0.2) is 5.67 Å². The molecule has 0 aromatic heterocycles. The minimum Gasteiger partial charge on any atom is -0.400 e. The van der Waals surface area contributed by atoms with Crippen molar-refractivity contribution < 1.29 is 4.39 Å². The Kier molecular flexibility index (Phi) is 2.02. The van der Waals surface area contributed by atoms with Crippen molar-refractivity contribution in [3.8, 4) is 0 Å². The van der Waals surface area contributed by atoms with Gasteiger partial charge in [0.2, 0.25) is 0 Å². The monoisotopic (exact) mass is 117 g/mol. The fourth-order valence-electron chi connectivity index (χ4n) is 0.343. The predicted molar refractivity (Wildman–Crippen MR) is 33.1 cm³/mol.